The standard InChI is InChI=1S/C50H35N3S/c1-49(2)38-17-9-5-13-30(38)32-23-22-29(25-40(32)49)45-47-46(35-16-8-12-20-43(35)54-47)52-48(51-45)53-41-19-11-7-15-33(41)37-27-36-28(26-42(37)53)21-24-34-31-14-6-10-18-39(31)50(3,4)44(34)36/h5-27H,1-4H3. The van der Waals surface area contributed by atoms with Crippen LogP contribution in [0.3, 0.4) is 0 Å². The number of fused-ring (bicyclic) bond motifs is 14. The molecule has 54 heavy (non-hydrogen) atoms. The van der Waals surface area contributed by atoms with Crippen molar-refractivity contribution in [2.45, 2.75) is 38.5 Å². The van der Waals surface area contributed by atoms with Crippen LogP contribution in [0.1, 0.15) is 49.9 Å². The summed E-state index contributed by atoms with van der Waals surface area (Å²) in [6.45, 7) is 9.44. The van der Waals surface area contributed by atoms with Crippen LogP contribution in [0.25, 0.3) is 92.3 Å². The second-order valence-corrected chi connectivity index (χ2v) is 17.2. The minimum absolute atomic E-state index is 0.105. The lowest BCUT2D eigenvalue weighted by Crippen LogP contribution is -2.15. The smallest absolute Gasteiger partial charge is 0.235 e. The summed E-state index contributed by atoms with van der Waals surface area (Å²) in [7, 11) is 0. The number of benzene rings is 7. The van der Waals surface area contributed by atoms with Gasteiger partial charge in [-0.3, -0.25) is 4.57 Å². The normalized spacial score (nSPS) is 15.0. The fourth-order valence-electron chi connectivity index (χ4n) is 10.0. The first-order valence-electron chi connectivity index (χ1n) is 18.8. The number of hydrogen-bond donors (Lipinski definition) is 0. The number of nitrogens with zero attached hydrogens (tertiary/aromatic N) is 3. The van der Waals surface area contributed by atoms with E-state index in [-0.39, 0.29) is 10.8 Å². The van der Waals surface area contributed by atoms with Crippen LogP contribution in [0.4, 0.5) is 0 Å². The SMILES string of the molecule is CC1(C)c2ccccc2-c2ccc(-c3nc(-n4c5ccccc5c5cc6c7c(ccc6cc54)-c4ccccc4C7(C)C)nc4c3sc3ccccc34)cc21. The maximum atomic E-state index is 5.58. The fraction of sp³-hybridized carbons (Fsp3) is 0.120. The van der Waals surface area contributed by atoms with E-state index in [0.29, 0.717) is 5.95 Å². The predicted octanol–water partition coefficient (Wildman–Crippen LogP) is 13.4. The van der Waals surface area contributed by atoms with Gasteiger partial charge in [0.15, 0.2) is 0 Å². The van der Waals surface area contributed by atoms with Gasteiger partial charge in [-0.05, 0) is 85.6 Å². The molecule has 0 saturated carbocycles. The molecule has 2 aliphatic rings. The highest BCUT2D eigenvalue weighted by Crippen LogP contribution is 2.53. The maximum absolute atomic E-state index is 5.58. The van der Waals surface area contributed by atoms with E-state index in [1.54, 1.807) is 11.3 Å². The van der Waals surface area contributed by atoms with Crippen molar-refractivity contribution >= 4 is 64.2 Å². The van der Waals surface area contributed by atoms with Crippen molar-refractivity contribution in [2.75, 3.05) is 0 Å². The van der Waals surface area contributed by atoms with Gasteiger partial charge in [0.2, 0.25) is 5.95 Å². The van der Waals surface area contributed by atoms with Crippen LogP contribution in [0, 0.1) is 0 Å². The molecule has 12 rings (SSSR count). The summed E-state index contributed by atoms with van der Waals surface area (Å²) in [6.07, 6.45) is 0. The lowest BCUT2D eigenvalue weighted by molar-refractivity contribution is 0.660. The summed E-state index contributed by atoms with van der Waals surface area (Å²) >= 11 is 1.79. The quantitative estimate of drug-likeness (QED) is 0.179. The van der Waals surface area contributed by atoms with Crippen LogP contribution < -0.4 is 0 Å². The molecule has 4 heteroatoms. The summed E-state index contributed by atoms with van der Waals surface area (Å²) < 4.78 is 4.65. The summed E-state index contributed by atoms with van der Waals surface area (Å²) in [4.78, 5) is 11.1. The van der Waals surface area contributed by atoms with E-state index >= 15 is 0 Å². The van der Waals surface area contributed by atoms with Crippen molar-refractivity contribution in [3.63, 3.8) is 0 Å². The molecule has 0 amide bonds. The Hall–Kier alpha value is -6.10. The molecule has 0 aliphatic heterocycles. The molecular formula is C50H35N3S. The molecule has 2 aliphatic carbocycles. The molecular weight excluding hydrogens is 675 g/mol. The molecule has 0 N–H and O–H groups in total. The maximum Gasteiger partial charge on any atom is 0.235 e. The third-order valence-electron chi connectivity index (χ3n) is 12.6. The zero-order chi connectivity index (χ0) is 36.1. The average molecular weight is 710 g/mol. The Morgan fingerprint density at radius 3 is 2.00 bits per heavy atom. The Morgan fingerprint density at radius 2 is 1.17 bits per heavy atom. The van der Waals surface area contributed by atoms with Crippen molar-refractivity contribution in [3.8, 4) is 39.5 Å². The van der Waals surface area contributed by atoms with Crippen LogP contribution in [0.15, 0.2) is 140 Å². The van der Waals surface area contributed by atoms with Gasteiger partial charge < -0.3 is 0 Å². The molecule has 0 bridgehead atoms. The van der Waals surface area contributed by atoms with Gasteiger partial charge in [-0.1, -0.05) is 137 Å². The van der Waals surface area contributed by atoms with Crippen molar-refractivity contribution in [2.24, 2.45) is 0 Å². The number of thiophene rings is 1. The van der Waals surface area contributed by atoms with Crippen LogP contribution in [0.5, 0.6) is 0 Å². The minimum atomic E-state index is -0.110. The van der Waals surface area contributed by atoms with E-state index in [4.69, 9.17) is 9.97 Å². The first-order valence-corrected chi connectivity index (χ1v) is 19.7. The van der Waals surface area contributed by atoms with Gasteiger partial charge >= 0.3 is 0 Å². The van der Waals surface area contributed by atoms with Gasteiger partial charge in [0.1, 0.15) is 0 Å². The molecule has 0 unspecified atom stereocenters. The topological polar surface area (TPSA) is 30.7 Å². The van der Waals surface area contributed by atoms with Crippen molar-refractivity contribution in [1.82, 2.24) is 14.5 Å². The van der Waals surface area contributed by atoms with Gasteiger partial charge in [0.25, 0.3) is 0 Å². The van der Waals surface area contributed by atoms with Gasteiger partial charge in [0.05, 0.1) is 26.9 Å². The molecule has 3 nitrogen and oxygen atoms in total. The van der Waals surface area contributed by atoms with E-state index in [1.165, 1.54) is 76.1 Å². The van der Waals surface area contributed by atoms with Crippen LogP contribution in [0.2, 0.25) is 0 Å². The van der Waals surface area contributed by atoms with Crippen LogP contribution in [-0.2, 0) is 10.8 Å². The zero-order valence-corrected chi connectivity index (χ0v) is 31.3. The molecule has 3 heterocycles. The number of aromatic nitrogens is 3. The Kier molecular flexibility index (Phi) is 5.80. The molecule has 3 aromatic heterocycles. The van der Waals surface area contributed by atoms with E-state index in [2.05, 4.69) is 172 Å². The second kappa shape index (κ2) is 10.3. The fourth-order valence-corrected chi connectivity index (χ4v) is 11.2. The van der Waals surface area contributed by atoms with Crippen molar-refractivity contribution in [1.29, 1.82) is 0 Å². The van der Waals surface area contributed by atoms with Gasteiger partial charge in [-0.15, -0.1) is 11.3 Å². The summed E-state index contributed by atoms with van der Waals surface area (Å²) in [6, 6.07) is 51.6. The van der Waals surface area contributed by atoms with E-state index in [9.17, 15) is 0 Å². The molecule has 7 aromatic carbocycles. The molecule has 256 valence electrons. The summed E-state index contributed by atoms with van der Waals surface area (Å²) in [5.74, 6) is 0.698. The number of rotatable bonds is 2. The third kappa shape index (κ3) is 3.81. The molecule has 0 fully saturated rings. The molecule has 0 saturated heterocycles. The van der Waals surface area contributed by atoms with E-state index < -0.39 is 0 Å². The van der Waals surface area contributed by atoms with Gasteiger partial charge in [-0.25, -0.2) is 9.97 Å². The monoisotopic (exact) mass is 709 g/mol. The molecule has 0 spiro atoms. The van der Waals surface area contributed by atoms with E-state index in [0.717, 1.165) is 32.5 Å². The minimum Gasteiger partial charge on any atom is -0.278 e. The second-order valence-electron chi connectivity index (χ2n) is 16.2. The first-order chi connectivity index (χ1) is 26.3. The molecule has 0 atom stereocenters. The average Bonchev–Trinajstić information content (AvgIpc) is 3.87. The molecule has 10 aromatic rings. The zero-order valence-electron chi connectivity index (χ0n) is 30.5. The molecule has 0 radical (unpaired) electrons. The third-order valence-corrected chi connectivity index (χ3v) is 13.8. The number of para-hydroxylation sites is 1. The highest BCUT2D eigenvalue weighted by Gasteiger charge is 2.38. The lowest BCUT2D eigenvalue weighted by Gasteiger charge is -2.23. The predicted molar refractivity (Wildman–Crippen MR) is 227 cm³/mol. The number of hydrogen-bond acceptors (Lipinski definition) is 3. The highest BCUT2D eigenvalue weighted by molar-refractivity contribution is 7.26. The first kappa shape index (κ1) is 30.4. The largest absolute Gasteiger partial charge is 0.278 e. The van der Waals surface area contributed by atoms with Crippen LogP contribution in [-0.4, -0.2) is 14.5 Å². The van der Waals surface area contributed by atoms with Gasteiger partial charge in [0, 0.05) is 37.3 Å². The van der Waals surface area contributed by atoms with Gasteiger partial charge in [-0.2, -0.15) is 0 Å². The lowest BCUT2D eigenvalue weighted by atomic mass is 9.80. The van der Waals surface area contributed by atoms with Crippen LogP contribution >= 0.6 is 11.3 Å². The summed E-state index contributed by atoms with van der Waals surface area (Å²) in [5.41, 5.74) is 16.0. The Morgan fingerprint density at radius 1 is 0.500 bits per heavy atom. The van der Waals surface area contributed by atoms with Crippen molar-refractivity contribution in [3.05, 3.63) is 162 Å². The Labute approximate surface area is 317 Å². The van der Waals surface area contributed by atoms with E-state index in [1.807, 2.05) is 0 Å². The van der Waals surface area contributed by atoms with Crippen molar-refractivity contribution < 1.29 is 0 Å². The summed E-state index contributed by atoms with van der Waals surface area (Å²) in [5, 5.41) is 6.13. The Bertz CT molecular complexity index is 3280. The Balaban J connectivity index is 1.15. The highest BCUT2D eigenvalue weighted by atomic mass is 32.1.